The van der Waals surface area contributed by atoms with Crippen LogP contribution in [-0.4, -0.2) is 39.4 Å². The Morgan fingerprint density at radius 3 is 2.64 bits per heavy atom. The van der Waals surface area contributed by atoms with Crippen LogP contribution in [0.2, 0.25) is 0 Å². The smallest absolute Gasteiger partial charge is 0.223 e. The molecule has 1 fully saturated rings. The number of hydrogen-bond donors (Lipinski definition) is 1. The zero-order chi connectivity index (χ0) is 20.1. The number of piperidine rings is 1. The average Bonchev–Trinajstić information content (AvgIpc) is 3.12. The highest BCUT2D eigenvalue weighted by molar-refractivity contribution is 5.80. The first-order valence-electron chi connectivity index (χ1n) is 9.83. The Balaban J connectivity index is 1.52. The molecule has 1 saturated heterocycles. The number of hydrogen-bond acceptors (Lipinski definition) is 3. The quantitative estimate of drug-likeness (QED) is 0.830. The molecule has 2 amide bonds. The number of aromatic nitrogens is 2. The summed E-state index contributed by atoms with van der Waals surface area (Å²) in [6.45, 7) is 5.35. The summed E-state index contributed by atoms with van der Waals surface area (Å²) in [4.78, 5) is 30.3. The average molecular weight is 386 g/mol. The number of rotatable bonds is 6. The van der Waals surface area contributed by atoms with Crippen LogP contribution < -0.4 is 5.32 Å². The third kappa shape index (κ3) is 4.58. The van der Waals surface area contributed by atoms with Gasteiger partial charge in [-0.3, -0.25) is 9.59 Å². The number of aryl methyl sites for hydroxylation is 1. The van der Waals surface area contributed by atoms with Crippen molar-refractivity contribution >= 4 is 11.8 Å². The van der Waals surface area contributed by atoms with Crippen molar-refractivity contribution in [2.45, 2.75) is 46.1 Å². The van der Waals surface area contributed by atoms with Gasteiger partial charge in [0.05, 0.1) is 5.69 Å². The van der Waals surface area contributed by atoms with Gasteiger partial charge in [-0.15, -0.1) is 0 Å². The van der Waals surface area contributed by atoms with Crippen molar-refractivity contribution < 1.29 is 14.0 Å². The van der Waals surface area contributed by atoms with Gasteiger partial charge in [-0.05, 0) is 43.9 Å². The van der Waals surface area contributed by atoms with Gasteiger partial charge in [-0.25, -0.2) is 9.37 Å². The standard InChI is InChI=1S/C21H27FN4O2/c1-3-4-20(27)25-10-7-17(8-11-25)21(28)24-14-16-5-6-19(18(22)13-16)26-12-9-23-15(26)2/h5-6,9,12-13,17H,3-4,7-8,10-11,14H2,1-2H3,(H,24,28). The molecule has 1 aromatic carbocycles. The largest absolute Gasteiger partial charge is 0.352 e. The Hall–Kier alpha value is -2.70. The Kier molecular flexibility index (Phi) is 6.44. The fourth-order valence-corrected chi connectivity index (χ4v) is 3.58. The highest BCUT2D eigenvalue weighted by Crippen LogP contribution is 2.20. The first-order valence-corrected chi connectivity index (χ1v) is 9.83. The molecule has 0 atom stereocenters. The van der Waals surface area contributed by atoms with Gasteiger partial charge >= 0.3 is 0 Å². The lowest BCUT2D eigenvalue weighted by atomic mass is 9.95. The number of likely N-dealkylation sites (tertiary alicyclic amines) is 1. The van der Waals surface area contributed by atoms with Gasteiger partial charge in [0, 0.05) is 44.4 Å². The van der Waals surface area contributed by atoms with Crippen LogP contribution in [0.15, 0.2) is 30.6 Å². The van der Waals surface area contributed by atoms with Crippen LogP contribution in [-0.2, 0) is 16.1 Å². The summed E-state index contributed by atoms with van der Waals surface area (Å²) in [6.07, 6.45) is 6.10. The molecule has 0 unspecified atom stereocenters. The van der Waals surface area contributed by atoms with Crippen LogP contribution in [0.1, 0.15) is 44.0 Å². The lowest BCUT2D eigenvalue weighted by Gasteiger charge is -2.31. The molecule has 3 rings (SSSR count). The second kappa shape index (κ2) is 8.99. The van der Waals surface area contributed by atoms with Crippen LogP contribution in [0.4, 0.5) is 4.39 Å². The van der Waals surface area contributed by atoms with Crippen molar-refractivity contribution in [3.63, 3.8) is 0 Å². The number of nitrogens with one attached hydrogen (secondary N) is 1. The number of halogens is 1. The van der Waals surface area contributed by atoms with Gasteiger partial charge in [0.25, 0.3) is 0 Å². The first-order chi connectivity index (χ1) is 13.5. The fraction of sp³-hybridized carbons (Fsp3) is 0.476. The normalized spacial score (nSPS) is 14.9. The van der Waals surface area contributed by atoms with Gasteiger partial charge in [0.1, 0.15) is 11.6 Å². The van der Waals surface area contributed by atoms with Crippen LogP contribution in [0.5, 0.6) is 0 Å². The lowest BCUT2D eigenvalue weighted by Crippen LogP contribution is -2.42. The zero-order valence-electron chi connectivity index (χ0n) is 16.4. The number of nitrogens with zero attached hydrogens (tertiary/aromatic N) is 3. The molecular formula is C21H27FN4O2. The van der Waals surface area contributed by atoms with Gasteiger partial charge in [0.15, 0.2) is 0 Å². The van der Waals surface area contributed by atoms with Crippen LogP contribution in [0.3, 0.4) is 0 Å². The molecule has 1 N–H and O–H groups in total. The van der Waals surface area contributed by atoms with Crippen molar-refractivity contribution in [2.75, 3.05) is 13.1 Å². The molecule has 0 radical (unpaired) electrons. The van der Waals surface area contributed by atoms with Crippen LogP contribution >= 0.6 is 0 Å². The minimum Gasteiger partial charge on any atom is -0.352 e. The number of carbonyl (C=O) groups excluding carboxylic acids is 2. The molecule has 7 heteroatoms. The summed E-state index contributed by atoms with van der Waals surface area (Å²) >= 11 is 0. The number of carbonyl (C=O) groups is 2. The fourth-order valence-electron chi connectivity index (χ4n) is 3.58. The topological polar surface area (TPSA) is 67.2 Å². The van der Waals surface area contributed by atoms with Crippen molar-refractivity contribution in [3.8, 4) is 5.69 Å². The SMILES string of the molecule is CCCC(=O)N1CCC(C(=O)NCc2ccc(-n3ccnc3C)c(F)c2)CC1. The van der Waals surface area contributed by atoms with E-state index in [-0.39, 0.29) is 30.1 Å². The molecule has 28 heavy (non-hydrogen) atoms. The molecule has 0 saturated carbocycles. The van der Waals surface area contributed by atoms with E-state index in [2.05, 4.69) is 10.3 Å². The van der Waals surface area contributed by atoms with E-state index in [0.717, 1.165) is 6.42 Å². The molecule has 1 aliphatic rings. The molecule has 150 valence electrons. The number of amides is 2. The van der Waals surface area contributed by atoms with E-state index in [1.807, 2.05) is 24.8 Å². The molecule has 1 aromatic heterocycles. The minimum absolute atomic E-state index is 0.0301. The molecule has 6 nitrogen and oxygen atoms in total. The van der Waals surface area contributed by atoms with E-state index in [0.29, 0.717) is 49.4 Å². The van der Waals surface area contributed by atoms with Gasteiger partial charge in [0.2, 0.25) is 11.8 Å². The van der Waals surface area contributed by atoms with E-state index in [1.165, 1.54) is 6.07 Å². The third-order valence-corrected chi connectivity index (χ3v) is 5.25. The molecule has 0 spiro atoms. The van der Waals surface area contributed by atoms with Crippen molar-refractivity contribution in [1.82, 2.24) is 19.8 Å². The highest BCUT2D eigenvalue weighted by atomic mass is 19.1. The minimum atomic E-state index is -0.351. The van der Waals surface area contributed by atoms with Crippen LogP contribution in [0.25, 0.3) is 5.69 Å². The Bertz CT molecular complexity index is 841. The Labute approximate surface area is 164 Å². The Morgan fingerprint density at radius 1 is 1.29 bits per heavy atom. The van der Waals surface area contributed by atoms with Gasteiger partial charge < -0.3 is 14.8 Å². The van der Waals surface area contributed by atoms with E-state index >= 15 is 0 Å². The first kappa shape index (κ1) is 20.0. The highest BCUT2D eigenvalue weighted by Gasteiger charge is 2.26. The predicted octanol–water partition coefficient (Wildman–Crippen LogP) is 2.97. The summed E-state index contributed by atoms with van der Waals surface area (Å²) in [5.41, 5.74) is 1.15. The number of benzene rings is 1. The second-order valence-corrected chi connectivity index (χ2v) is 7.25. The van der Waals surface area contributed by atoms with E-state index < -0.39 is 0 Å². The summed E-state index contributed by atoms with van der Waals surface area (Å²) in [6, 6.07) is 4.95. The van der Waals surface area contributed by atoms with Gasteiger partial charge in [-0.1, -0.05) is 13.0 Å². The van der Waals surface area contributed by atoms with E-state index in [1.54, 1.807) is 23.0 Å². The summed E-state index contributed by atoms with van der Waals surface area (Å²) in [5.74, 6) is 0.408. The predicted molar refractivity (Wildman–Crippen MR) is 104 cm³/mol. The number of imidazole rings is 1. The maximum atomic E-state index is 14.5. The van der Waals surface area contributed by atoms with Crippen molar-refractivity contribution in [3.05, 3.63) is 47.8 Å². The summed E-state index contributed by atoms with van der Waals surface area (Å²) in [5, 5.41) is 2.90. The second-order valence-electron chi connectivity index (χ2n) is 7.25. The molecule has 1 aliphatic heterocycles. The molecule has 0 bridgehead atoms. The van der Waals surface area contributed by atoms with Crippen molar-refractivity contribution in [2.24, 2.45) is 5.92 Å². The molecule has 2 aromatic rings. The zero-order valence-corrected chi connectivity index (χ0v) is 16.4. The van der Waals surface area contributed by atoms with E-state index in [4.69, 9.17) is 0 Å². The van der Waals surface area contributed by atoms with Gasteiger partial charge in [-0.2, -0.15) is 0 Å². The summed E-state index contributed by atoms with van der Waals surface area (Å²) < 4.78 is 16.1. The van der Waals surface area contributed by atoms with E-state index in [9.17, 15) is 14.0 Å². The Morgan fingerprint density at radius 2 is 2.04 bits per heavy atom. The maximum absolute atomic E-state index is 14.5. The third-order valence-electron chi connectivity index (χ3n) is 5.25. The maximum Gasteiger partial charge on any atom is 0.223 e. The van der Waals surface area contributed by atoms with Crippen LogP contribution in [0, 0.1) is 18.7 Å². The molecule has 2 heterocycles. The summed E-state index contributed by atoms with van der Waals surface area (Å²) in [7, 11) is 0. The lowest BCUT2D eigenvalue weighted by molar-refractivity contribution is -0.135. The molecular weight excluding hydrogens is 359 g/mol. The molecule has 0 aliphatic carbocycles. The monoisotopic (exact) mass is 386 g/mol. The van der Waals surface area contributed by atoms with Crippen molar-refractivity contribution in [1.29, 1.82) is 0 Å².